The third-order valence-electron chi connectivity index (χ3n) is 3.08. The molecule has 2 rings (SSSR count). The molecule has 1 aromatic carbocycles. The number of nitrogens with zero attached hydrogens (tertiary/aromatic N) is 3. The van der Waals surface area contributed by atoms with Crippen LogP contribution in [0.5, 0.6) is 0 Å². The second kappa shape index (κ2) is 9.11. The van der Waals surface area contributed by atoms with E-state index in [1.54, 1.807) is 18.4 Å². The van der Waals surface area contributed by atoms with Gasteiger partial charge in [0.1, 0.15) is 11.6 Å². The summed E-state index contributed by atoms with van der Waals surface area (Å²) in [6.07, 6.45) is 0. The molecule has 0 amide bonds. The number of guanidine groups is 1. The van der Waals surface area contributed by atoms with E-state index in [9.17, 15) is 8.78 Å². The quantitative estimate of drug-likeness (QED) is 0.438. The highest BCUT2D eigenvalue weighted by Crippen LogP contribution is 2.11. The topological polar surface area (TPSA) is 40.5 Å². The molecule has 0 saturated carbocycles. The van der Waals surface area contributed by atoms with Gasteiger partial charge in [-0.25, -0.2) is 13.8 Å². The Morgan fingerprint density at radius 3 is 2.74 bits per heavy atom. The summed E-state index contributed by atoms with van der Waals surface area (Å²) in [5, 5.41) is 6.02. The maximum atomic E-state index is 13.6. The molecule has 8 heteroatoms. The zero-order valence-corrected chi connectivity index (χ0v) is 16.3. The predicted octanol–water partition coefficient (Wildman–Crippen LogP) is 3.56. The van der Waals surface area contributed by atoms with E-state index in [2.05, 4.69) is 15.3 Å². The molecule has 1 heterocycles. The summed E-state index contributed by atoms with van der Waals surface area (Å²) in [4.78, 5) is 10.4. The van der Waals surface area contributed by atoms with Crippen molar-refractivity contribution in [2.45, 2.75) is 20.0 Å². The van der Waals surface area contributed by atoms with Crippen molar-refractivity contribution < 1.29 is 8.78 Å². The Kier molecular flexibility index (Phi) is 7.83. The van der Waals surface area contributed by atoms with Gasteiger partial charge in [0.05, 0.1) is 17.2 Å². The number of nitrogens with one attached hydrogen (secondary N) is 1. The Bertz CT molecular complexity index is 675. The van der Waals surface area contributed by atoms with Crippen LogP contribution in [0.4, 0.5) is 8.78 Å². The first-order chi connectivity index (χ1) is 10.5. The zero-order chi connectivity index (χ0) is 16.1. The smallest absolute Gasteiger partial charge is 0.194 e. The van der Waals surface area contributed by atoms with E-state index in [1.165, 1.54) is 6.07 Å². The molecule has 4 nitrogen and oxygen atoms in total. The van der Waals surface area contributed by atoms with Crippen molar-refractivity contribution in [1.82, 2.24) is 15.2 Å². The number of benzene rings is 1. The Labute approximate surface area is 155 Å². The van der Waals surface area contributed by atoms with Gasteiger partial charge in [-0.05, 0) is 25.1 Å². The van der Waals surface area contributed by atoms with Gasteiger partial charge in [0, 0.05) is 31.6 Å². The maximum absolute atomic E-state index is 13.6. The summed E-state index contributed by atoms with van der Waals surface area (Å²) in [6, 6.07) is 3.40. The highest BCUT2D eigenvalue weighted by molar-refractivity contribution is 14.0. The minimum absolute atomic E-state index is 0. The van der Waals surface area contributed by atoms with E-state index >= 15 is 0 Å². The first-order valence-electron chi connectivity index (χ1n) is 6.76. The molecule has 0 atom stereocenters. The van der Waals surface area contributed by atoms with Crippen molar-refractivity contribution in [2.24, 2.45) is 4.99 Å². The molecule has 0 spiro atoms. The summed E-state index contributed by atoms with van der Waals surface area (Å²) in [5.41, 5.74) is 1.21. The molecule has 1 aromatic heterocycles. The average Bonchev–Trinajstić information content (AvgIpc) is 2.88. The minimum atomic E-state index is -0.459. The Morgan fingerprint density at radius 2 is 2.13 bits per heavy atom. The van der Waals surface area contributed by atoms with Gasteiger partial charge < -0.3 is 10.2 Å². The summed E-state index contributed by atoms with van der Waals surface area (Å²) in [7, 11) is 3.51. The third kappa shape index (κ3) is 5.69. The fourth-order valence-electron chi connectivity index (χ4n) is 2.04. The van der Waals surface area contributed by atoms with Crippen molar-refractivity contribution in [2.75, 3.05) is 14.1 Å². The van der Waals surface area contributed by atoms with Crippen molar-refractivity contribution in [3.8, 4) is 0 Å². The lowest BCUT2D eigenvalue weighted by Gasteiger charge is -2.21. The summed E-state index contributed by atoms with van der Waals surface area (Å²) in [5.74, 6) is -0.309. The van der Waals surface area contributed by atoms with E-state index < -0.39 is 11.6 Å². The van der Waals surface area contributed by atoms with Crippen LogP contribution < -0.4 is 5.32 Å². The van der Waals surface area contributed by atoms with Crippen LogP contribution in [0.15, 0.2) is 28.6 Å². The second-order valence-corrected chi connectivity index (χ2v) is 5.91. The normalized spacial score (nSPS) is 11.1. The number of rotatable bonds is 4. The monoisotopic (exact) mass is 452 g/mol. The van der Waals surface area contributed by atoms with Gasteiger partial charge in [-0.15, -0.1) is 35.3 Å². The van der Waals surface area contributed by atoms with Gasteiger partial charge >= 0.3 is 0 Å². The molecule has 0 aliphatic carbocycles. The van der Waals surface area contributed by atoms with Crippen LogP contribution in [0.3, 0.4) is 0 Å². The minimum Gasteiger partial charge on any atom is -0.352 e. The molecule has 0 saturated heterocycles. The number of aromatic nitrogens is 1. The fraction of sp³-hybridized carbons (Fsp3) is 0.333. The van der Waals surface area contributed by atoms with Crippen molar-refractivity contribution in [3.05, 3.63) is 51.5 Å². The van der Waals surface area contributed by atoms with Gasteiger partial charge in [0.2, 0.25) is 0 Å². The van der Waals surface area contributed by atoms with E-state index in [0.29, 0.717) is 12.5 Å². The number of aryl methyl sites for hydroxylation is 1. The van der Waals surface area contributed by atoms with Crippen molar-refractivity contribution in [3.63, 3.8) is 0 Å². The van der Waals surface area contributed by atoms with Crippen molar-refractivity contribution in [1.29, 1.82) is 0 Å². The van der Waals surface area contributed by atoms with Crippen molar-refractivity contribution >= 4 is 41.3 Å². The van der Waals surface area contributed by atoms with Gasteiger partial charge in [0.25, 0.3) is 0 Å². The lowest BCUT2D eigenvalue weighted by molar-refractivity contribution is 0.469. The van der Waals surface area contributed by atoms with Crippen LogP contribution in [-0.4, -0.2) is 29.9 Å². The van der Waals surface area contributed by atoms with Crippen LogP contribution in [-0.2, 0) is 13.1 Å². The lowest BCUT2D eigenvalue weighted by Crippen LogP contribution is -2.38. The van der Waals surface area contributed by atoms with Gasteiger partial charge in [-0.2, -0.15) is 0 Å². The number of aliphatic imine (C=N–C) groups is 1. The molecule has 0 radical (unpaired) electrons. The molecule has 126 valence electrons. The predicted molar refractivity (Wildman–Crippen MR) is 100 cm³/mol. The molecule has 0 unspecified atom stereocenters. The Hall–Kier alpha value is -1.29. The highest BCUT2D eigenvalue weighted by Gasteiger charge is 2.10. The molecular weight excluding hydrogens is 433 g/mol. The van der Waals surface area contributed by atoms with E-state index in [4.69, 9.17) is 0 Å². The van der Waals surface area contributed by atoms with Gasteiger partial charge in [-0.3, -0.25) is 4.99 Å². The van der Waals surface area contributed by atoms with Crippen LogP contribution in [0.2, 0.25) is 0 Å². The highest BCUT2D eigenvalue weighted by atomic mass is 127. The summed E-state index contributed by atoms with van der Waals surface area (Å²) < 4.78 is 26.8. The van der Waals surface area contributed by atoms with Crippen LogP contribution in [0, 0.1) is 18.6 Å². The van der Waals surface area contributed by atoms with Crippen LogP contribution in [0.25, 0.3) is 0 Å². The molecule has 0 fully saturated rings. The number of hydrogen-bond donors (Lipinski definition) is 1. The second-order valence-electron chi connectivity index (χ2n) is 4.85. The molecule has 2 aromatic rings. The number of halogens is 3. The number of thiazole rings is 1. The van der Waals surface area contributed by atoms with E-state index in [1.807, 2.05) is 24.3 Å². The number of hydrogen-bond acceptors (Lipinski definition) is 3. The Morgan fingerprint density at radius 1 is 1.39 bits per heavy atom. The van der Waals surface area contributed by atoms with Crippen LogP contribution >= 0.6 is 35.3 Å². The Balaban J connectivity index is 0.00000264. The van der Waals surface area contributed by atoms with E-state index in [-0.39, 0.29) is 36.1 Å². The lowest BCUT2D eigenvalue weighted by atomic mass is 10.2. The summed E-state index contributed by atoms with van der Waals surface area (Å²) in [6.45, 7) is 2.71. The molecule has 0 bridgehead atoms. The molecule has 0 aliphatic rings. The zero-order valence-electron chi connectivity index (χ0n) is 13.1. The van der Waals surface area contributed by atoms with Crippen LogP contribution in [0.1, 0.15) is 16.3 Å². The summed E-state index contributed by atoms with van der Waals surface area (Å²) >= 11 is 1.59. The molecule has 23 heavy (non-hydrogen) atoms. The molecule has 0 aliphatic heterocycles. The van der Waals surface area contributed by atoms with Gasteiger partial charge in [0.15, 0.2) is 5.96 Å². The first-order valence-corrected chi connectivity index (χ1v) is 7.64. The standard InChI is InChI=1S/C15H18F2N4S.HI/c1-10-20-13(9-22-10)8-21(3)15(18-2)19-7-11-6-12(16)4-5-14(11)17;/h4-6,9H,7-8H2,1-3H3,(H,18,19);1H. The largest absolute Gasteiger partial charge is 0.352 e. The third-order valence-corrected chi connectivity index (χ3v) is 3.91. The van der Waals surface area contributed by atoms with Gasteiger partial charge in [-0.1, -0.05) is 0 Å². The molecular formula is C15H19F2IN4S. The van der Waals surface area contributed by atoms with E-state index in [0.717, 1.165) is 22.8 Å². The fourth-order valence-corrected chi connectivity index (χ4v) is 2.64. The first kappa shape index (κ1) is 19.8. The maximum Gasteiger partial charge on any atom is 0.194 e. The molecule has 1 N–H and O–H groups in total. The SMILES string of the molecule is CN=C(NCc1cc(F)ccc1F)N(C)Cc1csc(C)n1.I. The average molecular weight is 452 g/mol.